The van der Waals surface area contributed by atoms with Crippen LogP contribution >= 0.6 is 0 Å². The molecule has 0 unspecified atom stereocenters. The molecule has 2 amide bonds. The molecule has 110 valence electrons. The second-order valence-corrected chi connectivity index (χ2v) is 5.07. The van der Waals surface area contributed by atoms with Crippen LogP contribution in [0.15, 0.2) is 24.3 Å². The fourth-order valence-electron chi connectivity index (χ4n) is 2.16. The molecule has 1 aromatic carbocycles. The minimum Gasteiger partial charge on any atom is -0.497 e. The number of methoxy groups -OCH3 is 1. The summed E-state index contributed by atoms with van der Waals surface area (Å²) in [4.78, 5) is 14.1. The van der Waals surface area contributed by atoms with Crippen LogP contribution in [-0.2, 0) is 0 Å². The molecule has 0 bridgehead atoms. The van der Waals surface area contributed by atoms with Gasteiger partial charge in [-0.3, -0.25) is 4.90 Å². The van der Waals surface area contributed by atoms with Crippen LogP contribution in [0, 0.1) is 0 Å². The van der Waals surface area contributed by atoms with Gasteiger partial charge in [0, 0.05) is 18.3 Å². The fourth-order valence-corrected chi connectivity index (χ4v) is 2.16. The summed E-state index contributed by atoms with van der Waals surface area (Å²) in [5.74, 6) is 0.784. The molecule has 0 saturated heterocycles. The number of hydrogen-bond donors (Lipinski definition) is 2. The van der Waals surface area contributed by atoms with Crippen LogP contribution in [0.25, 0.3) is 0 Å². The molecular formula is C15H23N3O2. The minimum atomic E-state index is -0.0340. The number of rotatable bonds is 6. The van der Waals surface area contributed by atoms with Gasteiger partial charge in [-0.25, -0.2) is 4.79 Å². The average molecular weight is 277 g/mol. The minimum absolute atomic E-state index is 0.0340. The summed E-state index contributed by atoms with van der Waals surface area (Å²) >= 11 is 0. The molecule has 0 radical (unpaired) electrons. The molecule has 5 heteroatoms. The van der Waals surface area contributed by atoms with E-state index in [0.29, 0.717) is 19.1 Å². The van der Waals surface area contributed by atoms with Gasteiger partial charge in [-0.15, -0.1) is 0 Å². The molecule has 0 aliphatic heterocycles. The number of amides is 2. The number of ether oxygens (including phenoxy) is 1. The van der Waals surface area contributed by atoms with Crippen LogP contribution in [0.1, 0.15) is 25.7 Å². The van der Waals surface area contributed by atoms with Gasteiger partial charge in [0.25, 0.3) is 0 Å². The van der Waals surface area contributed by atoms with E-state index in [1.807, 2.05) is 24.3 Å². The third-order valence-corrected chi connectivity index (χ3v) is 3.65. The van der Waals surface area contributed by atoms with E-state index in [4.69, 9.17) is 10.5 Å². The van der Waals surface area contributed by atoms with Crippen molar-refractivity contribution in [3.05, 3.63) is 24.3 Å². The van der Waals surface area contributed by atoms with Gasteiger partial charge in [0.1, 0.15) is 5.75 Å². The van der Waals surface area contributed by atoms with Crippen LogP contribution in [0.4, 0.5) is 10.5 Å². The van der Waals surface area contributed by atoms with Crippen molar-refractivity contribution in [3.63, 3.8) is 0 Å². The zero-order valence-corrected chi connectivity index (χ0v) is 12.0. The lowest BCUT2D eigenvalue weighted by Gasteiger charge is -2.30. The van der Waals surface area contributed by atoms with Gasteiger partial charge >= 0.3 is 6.03 Å². The van der Waals surface area contributed by atoms with Crippen molar-refractivity contribution in [1.29, 1.82) is 0 Å². The highest BCUT2D eigenvalue weighted by Gasteiger charge is 2.23. The standard InChI is InChI=1S/C15H23N3O2/c1-20-14-8-6-13(7-9-14)18(11-3-10-16)15(19)17-12-4-2-5-12/h6-9,12H,2-5,10-11,16H2,1H3,(H,17,19). The van der Waals surface area contributed by atoms with Crippen molar-refractivity contribution < 1.29 is 9.53 Å². The number of nitrogens with zero attached hydrogens (tertiary/aromatic N) is 1. The highest BCUT2D eigenvalue weighted by Crippen LogP contribution is 2.22. The highest BCUT2D eigenvalue weighted by molar-refractivity contribution is 5.92. The van der Waals surface area contributed by atoms with Crippen LogP contribution in [0.5, 0.6) is 5.75 Å². The molecule has 0 spiro atoms. The SMILES string of the molecule is COc1ccc(N(CCCN)C(=O)NC2CCC2)cc1. The normalized spacial score (nSPS) is 14.5. The number of nitrogens with two attached hydrogens (primary N) is 1. The Morgan fingerprint density at radius 3 is 2.60 bits per heavy atom. The predicted octanol–water partition coefficient (Wildman–Crippen LogP) is 2.11. The molecule has 3 N–H and O–H groups in total. The van der Waals surface area contributed by atoms with Gasteiger partial charge in [0.15, 0.2) is 0 Å². The van der Waals surface area contributed by atoms with E-state index in [2.05, 4.69) is 5.32 Å². The van der Waals surface area contributed by atoms with Crippen LogP contribution < -0.4 is 20.7 Å². The second kappa shape index (κ2) is 7.14. The van der Waals surface area contributed by atoms with Crippen molar-refractivity contribution in [3.8, 4) is 5.75 Å². The van der Waals surface area contributed by atoms with Crippen molar-refractivity contribution >= 4 is 11.7 Å². The lowest BCUT2D eigenvalue weighted by Crippen LogP contribution is -2.48. The van der Waals surface area contributed by atoms with Crippen molar-refractivity contribution in [2.75, 3.05) is 25.1 Å². The van der Waals surface area contributed by atoms with Gasteiger partial charge in [-0.1, -0.05) is 0 Å². The van der Waals surface area contributed by atoms with E-state index in [1.54, 1.807) is 12.0 Å². The molecule has 1 saturated carbocycles. The number of benzene rings is 1. The summed E-state index contributed by atoms with van der Waals surface area (Å²) in [5.41, 5.74) is 6.43. The van der Waals surface area contributed by atoms with E-state index in [0.717, 1.165) is 30.7 Å². The first-order valence-electron chi connectivity index (χ1n) is 7.16. The molecule has 0 heterocycles. The molecule has 1 aliphatic rings. The Hall–Kier alpha value is -1.75. The lowest BCUT2D eigenvalue weighted by atomic mass is 9.93. The lowest BCUT2D eigenvalue weighted by molar-refractivity contribution is 0.234. The Kier molecular flexibility index (Phi) is 5.24. The molecular weight excluding hydrogens is 254 g/mol. The van der Waals surface area contributed by atoms with Crippen LogP contribution in [0.3, 0.4) is 0 Å². The van der Waals surface area contributed by atoms with E-state index in [-0.39, 0.29) is 6.03 Å². The Bertz CT molecular complexity index is 429. The molecule has 0 aromatic heterocycles. The second-order valence-electron chi connectivity index (χ2n) is 5.07. The highest BCUT2D eigenvalue weighted by atomic mass is 16.5. The Labute approximate surface area is 120 Å². The van der Waals surface area contributed by atoms with E-state index in [1.165, 1.54) is 6.42 Å². The fraction of sp³-hybridized carbons (Fsp3) is 0.533. The number of anilines is 1. The topological polar surface area (TPSA) is 67.6 Å². The van der Waals surface area contributed by atoms with E-state index in [9.17, 15) is 4.79 Å². The van der Waals surface area contributed by atoms with Crippen molar-refractivity contribution in [1.82, 2.24) is 5.32 Å². The number of carbonyl (C=O) groups is 1. The largest absolute Gasteiger partial charge is 0.497 e. The number of nitrogens with one attached hydrogen (secondary N) is 1. The van der Waals surface area contributed by atoms with Gasteiger partial charge in [0.05, 0.1) is 7.11 Å². The summed E-state index contributed by atoms with van der Waals surface area (Å²) in [6, 6.07) is 7.82. The van der Waals surface area contributed by atoms with E-state index >= 15 is 0 Å². The van der Waals surface area contributed by atoms with Crippen molar-refractivity contribution in [2.24, 2.45) is 5.73 Å². The maximum absolute atomic E-state index is 12.3. The van der Waals surface area contributed by atoms with Gasteiger partial charge in [0.2, 0.25) is 0 Å². The number of hydrogen-bond acceptors (Lipinski definition) is 3. The Morgan fingerprint density at radius 2 is 2.10 bits per heavy atom. The van der Waals surface area contributed by atoms with Gasteiger partial charge in [-0.05, 0) is 56.5 Å². The summed E-state index contributed by atoms with van der Waals surface area (Å²) in [7, 11) is 1.63. The molecule has 1 fully saturated rings. The number of urea groups is 1. The maximum Gasteiger partial charge on any atom is 0.322 e. The Morgan fingerprint density at radius 1 is 1.40 bits per heavy atom. The predicted molar refractivity (Wildman–Crippen MR) is 80.2 cm³/mol. The van der Waals surface area contributed by atoms with Crippen LogP contribution in [0.2, 0.25) is 0 Å². The van der Waals surface area contributed by atoms with Gasteiger partial charge in [-0.2, -0.15) is 0 Å². The number of carbonyl (C=O) groups excluding carboxylic acids is 1. The molecule has 0 atom stereocenters. The first-order valence-corrected chi connectivity index (χ1v) is 7.16. The zero-order valence-electron chi connectivity index (χ0n) is 12.0. The maximum atomic E-state index is 12.3. The third kappa shape index (κ3) is 3.63. The molecule has 1 aromatic rings. The molecule has 1 aliphatic carbocycles. The molecule has 20 heavy (non-hydrogen) atoms. The zero-order chi connectivity index (χ0) is 14.4. The van der Waals surface area contributed by atoms with E-state index < -0.39 is 0 Å². The Balaban J connectivity index is 2.05. The van der Waals surface area contributed by atoms with Crippen molar-refractivity contribution in [2.45, 2.75) is 31.7 Å². The summed E-state index contributed by atoms with van der Waals surface area (Å²) in [6.07, 6.45) is 4.15. The first kappa shape index (κ1) is 14.7. The van der Waals surface area contributed by atoms with Gasteiger partial charge < -0.3 is 15.8 Å². The summed E-state index contributed by atoms with van der Waals surface area (Å²) < 4.78 is 5.14. The smallest absolute Gasteiger partial charge is 0.322 e. The molecule has 2 rings (SSSR count). The first-order chi connectivity index (χ1) is 9.74. The summed E-state index contributed by atoms with van der Waals surface area (Å²) in [5, 5.41) is 3.07. The average Bonchev–Trinajstić information content (AvgIpc) is 2.44. The monoisotopic (exact) mass is 277 g/mol. The summed E-state index contributed by atoms with van der Waals surface area (Å²) in [6.45, 7) is 1.20. The quantitative estimate of drug-likeness (QED) is 0.837. The molecule has 5 nitrogen and oxygen atoms in total. The third-order valence-electron chi connectivity index (χ3n) is 3.65. The van der Waals surface area contributed by atoms with Crippen LogP contribution in [-0.4, -0.2) is 32.3 Å².